The fourth-order valence-electron chi connectivity index (χ4n) is 3.05. The number of aromatic amines is 1. The van der Waals surface area contributed by atoms with Gasteiger partial charge < -0.3 is 15.2 Å². The number of benzene rings is 2. The van der Waals surface area contributed by atoms with Gasteiger partial charge in [-0.2, -0.15) is 13.2 Å². The molecule has 3 rings (SSSR count). The maximum absolute atomic E-state index is 12.9. The molecular formula is C21H20F3N3O2. The van der Waals surface area contributed by atoms with Crippen LogP contribution in [-0.4, -0.2) is 22.0 Å². The van der Waals surface area contributed by atoms with Crippen molar-refractivity contribution in [2.75, 3.05) is 5.32 Å². The van der Waals surface area contributed by atoms with Crippen LogP contribution < -0.4 is 10.9 Å². The number of aromatic nitrogens is 1. The predicted molar refractivity (Wildman–Crippen MR) is 106 cm³/mol. The molecule has 2 aromatic carbocycles. The third-order valence-corrected chi connectivity index (χ3v) is 4.50. The van der Waals surface area contributed by atoms with Crippen LogP contribution in [0.3, 0.4) is 0 Å². The number of halogens is 3. The highest BCUT2D eigenvalue weighted by atomic mass is 19.4. The molecule has 0 bridgehead atoms. The number of rotatable bonds is 4. The Bertz CT molecular complexity index is 1090. The standard InChI is InChI=1S/C21H20F3N3O2/c1-13(2)27(12-14-10-19(28)26-18-9-4-3-8-17(14)18)20(29)25-16-7-5-6-15(11-16)21(22,23)24/h3-11,13H,12H2,1-2H3,(H,25,29)(H,26,28). The van der Waals surface area contributed by atoms with E-state index < -0.39 is 17.8 Å². The van der Waals surface area contributed by atoms with Gasteiger partial charge in [0.2, 0.25) is 5.56 Å². The van der Waals surface area contributed by atoms with E-state index in [0.717, 1.165) is 17.5 Å². The van der Waals surface area contributed by atoms with E-state index in [1.165, 1.54) is 23.1 Å². The van der Waals surface area contributed by atoms with Crippen molar-refractivity contribution < 1.29 is 18.0 Å². The number of hydrogen-bond donors (Lipinski definition) is 2. The molecule has 8 heteroatoms. The summed E-state index contributed by atoms with van der Waals surface area (Å²) in [6.45, 7) is 3.72. The van der Waals surface area contributed by atoms with Gasteiger partial charge in [-0.3, -0.25) is 4.79 Å². The second-order valence-electron chi connectivity index (χ2n) is 6.93. The predicted octanol–water partition coefficient (Wildman–Crippen LogP) is 4.99. The van der Waals surface area contributed by atoms with E-state index in [-0.39, 0.29) is 23.8 Å². The number of amides is 2. The molecular weight excluding hydrogens is 383 g/mol. The summed E-state index contributed by atoms with van der Waals surface area (Å²) in [5, 5.41) is 3.32. The molecule has 0 saturated heterocycles. The molecule has 0 unspecified atom stereocenters. The number of anilines is 1. The van der Waals surface area contributed by atoms with Crippen LogP contribution in [0.15, 0.2) is 59.4 Å². The zero-order valence-corrected chi connectivity index (χ0v) is 15.9. The molecule has 1 aromatic heterocycles. The Kier molecular flexibility index (Phi) is 5.63. The number of hydrogen-bond acceptors (Lipinski definition) is 2. The second-order valence-corrected chi connectivity index (χ2v) is 6.93. The summed E-state index contributed by atoms with van der Waals surface area (Å²) in [6, 6.07) is 12.3. The van der Waals surface area contributed by atoms with Crippen LogP contribution in [0.1, 0.15) is 25.0 Å². The number of nitrogens with one attached hydrogen (secondary N) is 2. The topological polar surface area (TPSA) is 65.2 Å². The quantitative estimate of drug-likeness (QED) is 0.645. The Morgan fingerprint density at radius 2 is 1.83 bits per heavy atom. The third-order valence-electron chi connectivity index (χ3n) is 4.50. The normalized spacial score (nSPS) is 11.7. The molecule has 0 radical (unpaired) electrons. The first-order chi connectivity index (χ1) is 13.6. The van der Waals surface area contributed by atoms with Crippen molar-refractivity contribution in [1.29, 1.82) is 0 Å². The van der Waals surface area contributed by atoms with Gasteiger partial charge >= 0.3 is 12.2 Å². The van der Waals surface area contributed by atoms with Crippen LogP contribution in [0.2, 0.25) is 0 Å². The highest BCUT2D eigenvalue weighted by molar-refractivity contribution is 5.90. The summed E-state index contributed by atoms with van der Waals surface area (Å²) in [6.07, 6.45) is -4.50. The van der Waals surface area contributed by atoms with Crippen LogP contribution in [0, 0.1) is 0 Å². The van der Waals surface area contributed by atoms with Crippen LogP contribution in [-0.2, 0) is 12.7 Å². The minimum Gasteiger partial charge on any atom is -0.322 e. The van der Waals surface area contributed by atoms with E-state index in [4.69, 9.17) is 0 Å². The van der Waals surface area contributed by atoms with Crippen LogP contribution in [0.25, 0.3) is 10.9 Å². The molecule has 0 spiro atoms. The highest BCUT2D eigenvalue weighted by Crippen LogP contribution is 2.30. The molecule has 1 heterocycles. The van der Waals surface area contributed by atoms with Crippen molar-refractivity contribution in [2.24, 2.45) is 0 Å². The Labute approximate surface area is 165 Å². The summed E-state index contributed by atoms with van der Waals surface area (Å²) in [4.78, 5) is 29.0. The lowest BCUT2D eigenvalue weighted by Crippen LogP contribution is -2.39. The number of carbonyl (C=O) groups excluding carboxylic acids is 1. The SMILES string of the molecule is CC(C)N(Cc1cc(=O)[nH]c2ccccc12)C(=O)Nc1cccc(C(F)(F)F)c1. The Morgan fingerprint density at radius 1 is 1.10 bits per heavy atom. The fraction of sp³-hybridized carbons (Fsp3) is 0.238. The molecule has 2 amide bonds. The summed E-state index contributed by atoms with van der Waals surface area (Å²) >= 11 is 0. The summed E-state index contributed by atoms with van der Waals surface area (Å²) in [7, 11) is 0. The van der Waals surface area contributed by atoms with E-state index in [9.17, 15) is 22.8 Å². The largest absolute Gasteiger partial charge is 0.416 e. The Morgan fingerprint density at radius 3 is 2.52 bits per heavy atom. The minimum absolute atomic E-state index is 0.0474. The molecule has 0 aliphatic heterocycles. The highest BCUT2D eigenvalue weighted by Gasteiger charge is 2.30. The number of alkyl halides is 3. The third kappa shape index (κ3) is 4.77. The monoisotopic (exact) mass is 403 g/mol. The molecule has 0 saturated carbocycles. The second kappa shape index (κ2) is 7.98. The van der Waals surface area contributed by atoms with E-state index in [2.05, 4.69) is 10.3 Å². The molecule has 0 atom stereocenters. The van der Waals surface area contributed by atoms with Crippen molar-refractivity contribution in [3.05, 3.63) is 76.1 Å². The maximum Gasteiger partial charge on any atom is 0.416 e. The van der Waals surface area contributed by atoms with Crippen molar-refractivity contribution >= 4 is 22.6 Å². The number of fused-ring (bicyclic) bond motifs is 1. The molecule has 0 aliphatic carbocycles. The molecule has 152 valence electrons. The van der Waals surface area contributed by atoms with Crippen LogP contribution in [0.5, 0.6) is 0 Å². The summed E-state index contributed by atoms with van der Waals surface area (Å²) in [5.74, 6) is 0. The zero-order chi connectivity index (χ0) is 21.2. The van der Waals surface area contributed by atoms with Gasteiger partial charge in [-0.05, 0) is 43.7 Å². The summed E-state index contributed by atoms with van der Waals surface area (Å²) < 4.78 is 38.7. The van der Waals surface area contributed by atoms with Crippen molar-refractivity contribution in [3.63, 3.8) is 0 Å². The Hall–Kier alpha value is -3.29. The smallest absolute Gasteiger partial charge is 0.322 e. The molecule has 2 N–H and O–H groups in total. The number of H-pyrrole nitrogens is 1. The molecule has 5 nitrogen and oxygen atoms in total. The van der Waals surface area contributed by atoms with Gasteiger partial charge in [0.25, 0.3) is 0 Å². The van der Waals surface area contributed by atoms with E-state index in [1.54, 1.807) is 26.0 Å². The van der Waals surface area contributed by atoms with E-state index in [0.29, 0.717) is 11.1 Å². The average Bonchev–Trinajstić information content (AvgIpc) is 2.65. The van der Waals surface area contributed by atoms with E-state index in [1.807, 2.05) is 12.1 Å². The molecule has 0 fully saturated rings. The summed E-state index contributed by atoms with van der Waals surface area (Å²) in [5.41, 5.74) is 0.216. The lowest BCUT2D eigenvalue weighted by molar-refractivity contribution is -0.137. The van der Waals surface area contributed by atoms with Crippen molar-refractivity contribution in [1.82, 2.24) is 9.88 Å². The van der Waals surface area contributed by atoms with E-state index >= 15 is 0 Å². The number of nitrogens with zero attached hydrogens (tertiary/aromatic N) is 1. The fourth-order valence-corrected chi connectivity index (χ4v) is 3.05. The first kappa shape index (κ1) is 20.4. The van der Waals surface area contributed by atoms with Crippen LogP contribution >= 0.6 is 0 Å². The Balaban J connectivity index is 1.88. The molecule has 3 aromatic rings. The van der Waals surface area contributed by atoms with Gasteiger partial charge in [0.1, 0.15) is 0 Å². The maximum atomic E-state index is 12.9. The van der Waals surface area contributed by atoms with Crippen molar-refractivity contribution in [2.45, 2.75) is 32.6 Å². The van der Waals surface area contributed by atoms with Crippen LogP contribution in [0.4, 0.5) is 23.7 Å². The minimum atomic E-state index is -4.50. The van der Waals surface area contributed by atoms with Gasteiger partial charge in [0.15, 0.2) is 0 Å². The lowest BCUT2D eigenvalue weighted by atomic mass is 10.1. The first-order valence-electron chi connectivity index (χ1n) is 9.01. The van der Waals surface area contributed by atoms with Crippen molar-refractivity contribution in [3.8, 4) is 0 Å². The van der Waals surface area contributed by atoms with Gasteiger partial charge in [-0.25, -0.2) is 4.79 Å². The number of urea groups is 1. The van der Waals surface area contributed by atoms with Gasteiger partial charge in [0.05, 0.1) is 5.56 Å². The van der Waals surface area contributed by atoms with Gasteiger partial charge in [-0.1, -0.05) is 24.3 Å². The lowest BCUT2D eigenvalue weighted by Gasteiger charge is -2.27. The number of carbonyl (C=O) groups is 1. The molecule has 29 heavy (non-hydrogen) atoms. The number of para-hydroxylation sites is 1. The number of pyridine rings is 1. The van der Waals surface area contributed by atoms with Gasteiger partial charge in [-0.15, -0.1) is 0 Å². The average molecular weight is 403 g/mol. The molecule has 0 aliphatic rings. The first-order valence-corrected chi connectivity index (χ1v) is 9.01. The van der Waals surface area contributed by atoms with Gasteiger partial charge in [0, 0.05) is 35.2 Å². The zero-order valence-electron chi connectivity index (χ0n) is 15.9.